The number of hydrogen-bond donors (Lipinski definition) is 1. The number of fused-ring (bicyclic) bond motifs is 7. The lowest BCUT2D eigenvalue weighted by atomic mass is 9.34. The van der Waals surface area contributed by atoms with Gasteiger partial charge in [0, 0.05) is 17.3 Å². The molecular weight excluding hydrogens is 466 g/mol. The molecule has 0 unspecified atom stereocenters. The minimum Gasteiger partial charge on any atom is -0.469 e. The number of nitrogens with zero attached hydrogens (tertiary/aromatic N) is 1. The molecule has 0 aromatic rings. The van der Waals surface area contributed by atoms with Crippen molar-refractivity contribution in [3.05, 3.63) is 23.3 Å². The maximum atomic E-state index is 14.3. The van der Waals surface area contributed by atoms with Gasteiger partial charge in [-0.3, -0.25) is 14.4 Å². The highest BCUT2D eigenvalue weighted by Crippen LogP contribution is 2.74. The Morgan fingerprint density at radius 3 is 2.32 bits per heavy atom. The number of esters is 1. The number of ether oxygens (including phenoxy) is 1. The van der Waals surface area contributed by atoms with E-state index < -0.39 is 33.5 Å². The number of ketones is 2. The van der Waals surface area contributed by atoms with Gasteiger partial charge in [-0.05, 0) is 80.1 Å². The van der Waals surface area contributed by atoms with Crippen molar-refractivity contribution in [2.75, 3.05) is 7.11 Å². The Kier molecular flexibility index (Phi) is 5.45. The number of rotatable bonds is 1. The number of allylic oxidation sites excluding steroid dienone is 3. The standard InChI is InChI=1S/C31H41NO5/c1-26(2)10-12-31(25(35)37-7)13-11-29(5)23(19(31)16-26)20(33)14-22-27(3)15-18(17-32)24(34)30(6,36)21(27)8-9-28(22,29)4/h14-15,19,21,23,36H,8-13,16H2,1-7H3/t19-,21+,23-,27-,28+,29+,30-,31-/m0/s1. The maximum absolute atomic E-state index is 14.3. The lowest BCUT2D eigenvalue weighted by Gasteiger charge is -2.68. The number of hydrogen-bond acceptors (Lipinski definition) is 6. The third-order valence-corrected chi connectivity index (χ3v) is 12.1. The second kappa shape index (κ2) is 7.65. The van der Waals surface area contributed by atoms with Gasteiger partial charge in [0.2, 0.25) is 5.78 Å². The number of carbonyl (C=O) groups is 3. The molecule has 0 saturated heterocycles. The van der Waals surface area contributed by atoms with E-state index in [4.69, 9.17) is 4.74 Å². The van der Waals surface area contributed by atoms with Crippen molar-refractivity contribution in [3.63, 3.8) is 0 Å². The zero-order valence-electron chi connectivity index (χ0n) is 23.4. The first-order valence-corrected chi connectivity index (χ1v) is 13.8. The Labute approximate surface area is 220 Å². The molecule has 0 amide bonds. The molecule has 0 aromatic heterocycles. The Hall–Kier alpha value is -2.26. The Balaban J connectivity index is 1.71. The number of aliphatic hydroxyl groups is 1. The average molecular weight is 508 g/mol. The van der Waals surface area contributed by atoms with Crippen molar-refractivity contribution in [1.82, 2.24) is 0 Å². The molecule has 0 aromatic carbocycles. The van der Waals surface area contributed by atoms with Gasteiger partial charge < -0.3 is 9.84 Å². The zero-order valence-corrected chi connectivity index (χ0v) is 23.4. The van der Waals surface area contributed by atoms with Crippen molar-refractivity contribution in [1.29, 1.82) is 5.26 Å². The van der Waals surface area contributed by atoms with E-state index in [-0.39, 0.29) is 40.0 Å². The second-order valence-electron chi connectivity index (χ2n) is 14.3. The quantitative estimate of drug-likeness (QED) is 0.495. The van der Waals surface area contributed by atoms with Crippen LogP contribution in [0.2, 0.25) is 0 Å². The van der Waals surface area contributed by atoms with E-state index in [0.717, 1.165) is 37.7 Å². The average Bonchev–Trinajstić information content (AvgIpc) is 2.82. The van der Waals surface area contributed by atoms with Gasteiger partial charge in [0.1, 0.15) is 11.7 Å². The van der Waals surface area contributed by atoms with Gasteiger partial charge in [-0.25, -0.2) is 0 Å². The van der Waals surface area contributed by atoms with Crippen molar-refractivity contribution in [2.45, 2.75) is 92.1 Å². The largest absolute Gasteiger partial charge is 0.469 e. The highest BCUT2D eigenvalue weighted by Gasteiger charge is 2.71. The minimum absolute atomic E-state index is 0.0299. The van der Waals surface area contributed by atoms with Gasteiger partial charge >= 0.3 is 5.97 Å². The first-order valence-electron chi connectivity index (χ1n) is 13.8. The molecule has 1 N–H and O–H groups in total. The van der Waals surface area contributed by atoms with Crippen LogP contribution in [0.25, 0.3) is 0 Å². The molecule has 3 fully saturated rings. The number of Topliss-reactive ketones (excluding diaryl/α,β-unsaturated/α-hetero) is 1. The highest BCUT2D eigenvalue weighted by atomic mass is 16.5. The number of methoxy groups -OCH3 is 1. The van der Waals surface area contributed by atoms with Crippen LogP contribution < -0.4 is 0 Å². The Morgan fingerprint density at radius 2 is 1.70 bits per heavy atom. The summed E-state index contributed by atoms with van der Waals surface area (Å²) in [5.41, 5.74) is -2.94. The summed E-state index contributed by atoms with van der Waals surface area (Å²) >= 11 is 0. The molecule has 5 aliphatic rings. The predicted molar refractivity (Wildman–Crippen MR) is 138 cm³/mol. The van der Waals surface area contributed by atoms with Gasteiger partial charge in [-0.1, -0.05) is 46.3 Å². The zero-order chi connectivity index (χ0) is 27.4. The van der Waals surface area contributed by atoms with Gasteiger partial charge in [-0.2, -0.15) is 5.26 Å². The number of nitriles is 1. The molecule has 0 heterocycles. The van der Waals surface area contributed by atoms with Gasteiger partial charge in [0.15, 0.2) is 5.78 Å². The summed E-state index contributed by atoms with van der Waals surface area (Å²) in [6, 6.07) is 2.01. The molecule has 0 bridgehead atoms. The van der Waals surface area contributed by atoms with Crippen LogP contribution in [0, 0.1) is 56.2 Å². The van der Waals surface area contributed by atoms with E-state index in [1.165, 1.54) is 14.0 Å². The molecule has 5 rings (SSSR count). The van der Waals surface area contributed by atoms with E-state index in [1.54, 1.807) is 12.2 Å². The molecule has 0 spiro atoms. The van der Waals surface area contributed by atoms with Gasteiger partial charge in [0.25, 0.3) is 0 Å². The lowest BCUT2D eigenvalue weighted by molar-refractivity contribution is -0.192. The van der Waals surface area contributed by atoms with Crippen LogP contribution in [0.5, 0.6) is 0 Å². The smallest absolute Gasteiger partial charge is 0.312 e. The first kappa shape index (κ1) is 26.4. The fourth-order valence-corrected chi connectivity index (χ4v) is 9.87. The summed E-state index contributed by atoms with van der Waals surface area (Å²) in [4.78, 5) is 40.6. The molecule has 8 atom stereocenters. The van der Waals surface area contributed by atoms with E-state index in [1.807, 2.05) is 13.0 Å². The van der Waals surface area contributed by atoms with Crippen LogP contribution >= 0.6 is 0 Å². The summed E-state index contributed by atoms with van der Waals surface area (Å²) in [7, 11) is 1.46. The van der Waals surface area contributed by atoms with Gasteiger partial charge in [0.05, 0.1) is 18.1 Å². The Morgan fingerprint density at radius 1 is 1.05 bits per heavy atom. The van der Waals surface area contributed by atoms with Crippen molar-refractivity contribution in [3.8, 4) is 6.07 Å². The van der Waals surface area contributed by atoms with Crippen LogP contribution in [0.3, 0.4) is 0 Å². The summed E-state index contributed by atoms with van der Waals surface area (Å²) in [5, 5.41) is 21.1. The van der Waals surface area contributed by atoms with Crippen LogP contribution in [-0.2, 0) is 19.1 Å². The molecule has 0 radical (unpaired) electrons. The van der Waals surface area contributed by atoms with Gasteiger partial charge in [-0.15, -0.1) is 0 Å². The second-order valence-corrected chi connectivity index (χ2v) is 14.3. The van der Waals surface area contributed by atoms with Crippen LogP contribution in [0.15, 0.2) is 23.3 Å². The van der Waals surface area contributed by atoms with Crippen molar-refractivity contribution in [2.24, 2.45) is 44.8 Å². The molecular formula is C31H41NO5. The molecule has 5 aliphatic carbocycles. The monoisotopic (exact) mass is 507 g/mol. The summed E-state index contributed by atoms with van der Waals surface area (Å²) in [5.74, 6) is -1.49. The normalized spacial score (nSPS) is 48.2. The molecule has 200 valence electrons. The SMILES string of the molecule is COC(=O)[C@]12CCC(C)(C)C[C@H]1[C@H]1C(=O)C=C3[C@@]4(C)C=C(C#N)C(=O)[C@@](C)(O)[C@@H]4CC[C@@]3(C)[C@]1(C)CC2. The van der Waals surface area contributed by atoms with Crippen molar-refractivity contribution >= 4 is 17.5 Å². The van der Waals surface area contributed by atoms with Crippen molar-refractivity contribution < 1.29 is 24.2 Å². The molecule has 6 heteroatoms. The summed E-state index contributed by atoms with van der Waals surface area (Å²) < 4.78 is 5.38. The molecule has 0 aliphatic heterocycles. The topological polar surface area (TPSA) is 104 Å². The third-order valence-electron chi connectivity index (χ3n) is 12.1. The number of carbonyl (C=O) groups excluding carboxylic acids is 3. The maximum Gasteiger partial charge on any atom is 0.312 e. The Bertz CT molecular complexity index is 1200. The first-order chi connectivity index (χ1) is 17.0. The summed E-state index contributed by atoms with van der Waals surface area (Å²) in [6.45, 7) is 12.5. The summed E-state index contributed by atoms with van der Waals surface area (Å²) in [6.07, 6.45) is 8.76. The molecule has 37 heavy (non-hydrogen) atoms. The third kappa shape index (κ3) is 3.10. The highest BCUT2D eigenvalue weighted by molar-refractivity contribution is 6.06. The molecule has 3 saturated carbocycles. The minimum atomic E-state index is -1.67. The predicted octanol–water partition coefficient (Wildman–Crippen LogP) is 5.10. The van der Waals surface area contributed by atoms with E-state index in [2.05, 4.69) is 27.7 Å². The van der Waals surface area contributed by atoms with E-state index in [0.29, 0.717) is 12.8 Å². The fourth-order valence-electron chi connectivity index (χ4n) is 9.87. The van der Waals surface area contributed by atoms with Crippen LogP contribution in [0.4, 0.5) is 0 Å². The van der Waals surface area contributed by atoms with Crippen LogP contribution in [0.1, 0.15) is 86.5 Å². The fraction of sp³-hybridized carbons (Fsp3) is 0.742. The van der Waals surface area contributed by atoms with E-state index in [9.17, 15) is 24.8 Å². The lowest BCUT2D eigenvalue weighted by Crippen LogP contribution is -2.66. The van der Waals surface area contributed by atoms with E-state index >= 15 is 0 Å². The van der Waals surface area contributed by atoms with Crippen LogP contribution in [-0.4, -0.2) is 35.4 Å². The molecule has 6 nitrogen and oxygen atoms in total.